The summed E-state index contributed by atoms with van der Waals surface area (Å²) in [6.07, 6.45) is 1.24. The van der Waals surface area contributed by atoms with Gasteiger partial charge in [0.15, 0.2) is 6.23 Å². The maximum Gasteiger partial charge on any atom is 0.459 e. The molecule has 4 aromatic rings. The van der Waals surface area contributed by atoms with Gasteiger partial charge in [-0.25, -0.2) is 14.5 Å². The van der Waals surface area contributed by atoms with Crippen LogP contribution in [-0.4, -0.2) is 68.8 Å². The highest BCUT2D eigenvalue weighted by Crippen LogP contribution is 2.46. The number of fused-ring (bicyclic) bond motifs is 1. The van der Waals surface area contributed by atoms with Crippen LogP contribution in [0.1, 0.15) is 13.2 Å². The van der Waals surface area contributed by atoms with Crippen molar-refractivity contribution in [3.8, 4) is 17.0 Å². The fraction of sp³-hybridized carbons (Fsp3) is 0.320. The SMILES string of the molecule is COC(=O)[C@H](C)NP(=O)(OC[C@H]1O[C@@H](n2ccc3c(-c4ccoc4)ncnc32)[C@H](O)[C@@H]1O)Oc1ccccc1. The monoisotopic (exact) mass is 558 g/mol. The first-order chi connectivity index (χ1) is 18.8. The number of aliphatic hydroxyl groups is 2. The molecule has 0 amide bonds. The molecule has 1 saturated heterocycles. The van der Waals surface area contributed by atoms with E-state index < -0.39 is 50.9 Å². The molecule has 0 saturated carbocycles. The smallest absolute Gasteiger partial charge is 0.459 e. The Morgan fingerprint density at radius 3 is 2.69 bits per heavy atom. The van der Waals surface area contributed by atoms with Crippen molar-refractivity contribution in [2.75, 3.05) is 13.7 Å². The van der Waals surface area contributed by atoms with Gasteiger partial charge in [0, 0.05) is 17.1 Å². The number of furan rings is 1. The second-order valence-electron chi connectivity index (χ2n) is 8.81. The summed E-state index contributed by atoms with van der Waals surface area (Å²) in [4.78, 5) is 20.6. The highest BCUT2D eigenvalue weighted by Gasteiger charge is 2.46. The minimum Gasteiger partial charge on any atom is -0.472 e. The molecule has 6 atom stereocenters. The predicted octanol–water partition coefficient (Wildman–Crippen LogP) is 2.67. The van der Waals surface area contributed by atoms with Gasteiger partial charge in [-0.3, -0.25) is 9.32 Å². The topological polar surface area (TPSA) is 167 Å². The third kappa shape index (κ3) is 5.59. The van der Waals surface area contributed by atoms with E-state index in [9.17, 15) is 19.6 Å². The van der Waals surface area contributed by atoms with Crippen LogP contribution >= 0.6 is 7.75 Å². The Labute approximate surface area is 222 Å². The molecular formula is C25H27N4O9P. The number of benzene rings is 1. The van der Waals surface area contributed by atoms with Gasteiger partial charge in [0.05, 0.1) is 31.9 Å². The number of hydrogen-bond donors (Lipinski definition) is 3. The first kappa shape index (κ1) is 27.0. The fourth-order valence-corrected chi connectivity index (χ4v) is 5.75. The van der Waals surface area contributed by atoms with Crippen molar-refractivity contribution in [1.29, 1.82) is 0 Å². The van der Waals surface area contributed by atoms with E-state index in [0.717, 1.165) is 5.56 Å². The highest BCUT2D eigenvalue weighted by atomic mass is 31.2. The van der Waals surface area contributed by atoms with Crippen molar-refractivity contribution in [1.82, 2.24) is 19.6 Å². The molecule has 13 nitrogen and oxygen atoms in total. The molecule has 3 aromatic heterocycles. The molecule has 4 heterocycles. The lowest BCUT2D eigenvalue weighted by atomic mass is 10.1. The van der Waals surface area contributed by atoms with E-state index in [4.69, 9.17) is 18.2 Å². The number of para-hydroxylation sites is 1. The van der Waals surface area contributed by atoms with Crippen molar-refractivity contribution >= 4 is 24.7 Å². The zero-order valence-electron chi connectivity index (χ0n) is 21.0. The number of carbonyl (C=O) groups is 1. The highest BCUT2D eigenvalue weighted by molar-refractivity contribution is 7.52. The standard InChI is InChI=1S/C25H27N4O9P/c1-15(25(32)34-2)28-39(33,38-17-6-4-3-5-7-17)36-13-19-21(30)22(31)24(37-19)29-10-8-18-20(16-9-11-35-12-16)26-14-27-23(18)29/h3-12,14-15,19,21-22,24,30-31H,13H2,1-2H3,(H,28,33)/t15-,19+,21+,22+,24+,39?/m0/s1. The first-order valence-electron chi connectivity index (χ1n) is 12.0. The third-order valence-electron chi connectivity index (χ3n) is 6.20. The van der Waals surface area contributed by atoms with Crippen LogP contribution < -0.4 is 9.61 Å². The number of ether oxygens (including phenoxy) is 2. The molecule has 0 radical (unpaired) electrons. The summed E-state index contributed by atoms with van der Waals surface area (Å²) in [6.45, 7) is 1.00. The number of hydrogen-bond acceptors (Lipinski definition) is 11. The Kier molecular flexibility index (Phi) is 7.80. The molecule has 0 bridgehead atoms. The van der Waals surface area contributed by atoms with Crippen LogP contribution in [-0.2, 0) is 23.4 Å². The quantitative estimate of drug-likeness (QED) is 0.193. The third-order valence-corrected chi connectivity index (χ3v) is 7.84. The molecule has 1 fully saturated rings. The number of carbonyl (C=O) groups excluding carboxylic acids is 1. The first-order valence-corrected chi connectivity index (χ1v) is 13.5. The van der Waals surface area contributed by atoms with Crippen LogP contribution in [0.4, 0.5) is 0 Å². The minimum absolute atomic E-state index is 0.225. The maximum absolute atomic E-state index is 13.6. The largest absolute Gasteiger partial charge is 0.472 e. The van der Waals surface area contributed by atoms with Gasteiger partial charge in [0.1, 0.15) is 42.1 Å². The zero-order valence-corrected chi connectivity index (χ0v) is 21.9. The summed E-state index contributed by atoms with van der Waals surface area (Å²) in [7, 11) is -2.98. The fourth-order valence-electron chi connectivity index (χ4n) is 4.25. The van der Waals surface area contributed by atoms with E-state index in [-0.39, 0.29) is 5.75 Å². The van der Waals surface area contributed by atoms with E-state index in [1.165, 1.54) is 26.6 Å². The van der Waals surface area contributed by atoms with Gasteiger partial charge in [0.25, 0.3) is 0 Å². The van der Waals surface area contributed by atoms with Crippen molar-refractivity contribution in [3.05, 3.63) is 67.5 Å². The Balaban J connectivity index is 1.34. The second-order valence-corrected chi connectivity index (χ2v) is 10.5. The second kappa shape index (κ2) is 11.3. The molecule has 206 valence electrons. The lowest BCUT2D eigenvalue weighted by molar-refractivity contribution is -0.142. The van der Waals surface area contributed by atoms with Crippen molar-refractivity contribution in [2.45, 2.75) is 37.5 Å². The lowest BCUT2D eigenvalue weighted by Gasteiger charge is -2.24. The lowest BCUT2D eigenvalue weighted by Crippen LogP contribution is -2.37. The summed E-state index contributed by atoms with van der Waals surface area (Å²) in [5, 5.41) is 24.8. The van der Waals surface area contributed by atoms with Crippen LogP contribution in [0.3, 0.4) is 0 Å². The van der Waals surface area contributed by atoms with E-state index in [1.807, 2.05) is 0 Å². The summed E-state index contributed by atoms with van der Waals surface area (Å²) >= 11 is 0. The number of methoxy groups -OCH3 is 1. The van der Waals surface area contributed by atoms with Crippen LogP contribution in [0.15, 0.2) is 71.9 Å². The van der Waals surface area contributed by atoms with Gasteiger partial charge in [-0.05, 0) is 31.2 Å². The number of aliphatic hydroxyl groups excluding tert-OH is 2. The molecule has 1 aliphatic rings. The minimum atomic E-state index is -4.18. The Morgan fingerprint density at radius 2 is 1.97 bits per heavy atom. The summed E-state index contributed by atoms with van der Waals surface area (Å²) in [5.41, 5.74) is 1.85. The molecule has 0 aliphatic carbocycles. The molecule has 5 rings (SSSR count). The average molecular weight is 558 g/mol. The van der Waals surface area contributed by atoms with Gasteiger partial charge in [0.2, 0.25) is 0 Å². The summed E-state index contributed by atoms with van der Waals surface area (Å²) < 4.78 is 42.2. The molecule has 1 unspecified atom stereocenters. The number of aromatic nitrogens is 3. The zero-order chi connectivity index (χ0) is 27.6. The van der Waals surface area contributed by atoms with Crippen LogP contribution in [0.5, 0.6) is 5.75 Å². The maximum atomic E-state index is 13.6. The Morgan fingerprint density at radius 1 is 1.18 bits per heavy atom. The van der Waals surface area contributed by atoms with Crippen LogP contribution in [0, 0.1) is 0 Å². The Hall–Kier alpha value is -3.58. The van der Waals surface area contributed by atoms with Gasteiger partial charge in [-0.1, -0.05) is 18.2 Å². The predicted molar refractivity (Wildman–Crippen MR) is 136 cm³/mol. The average Bonchev–Trinajstić information content (AvgIpc) is 3.68. The molecule has 39 heavy (non-hydrogen) atoms. The molecule has 0 spiro atoms. The van der Waals surface area contributed by atoms with Crippen molar-refractivity contribution in [3.63, 3.8) is 0 Å². The van der Waals surface area contributed by atoms with Gasteiger partial charge in [-0.2, -0.15) is 5.09 Å². The Bertz CT molecular complexity index is 1460. The number of rotatable bonds is 10. The van der Waals surface area contributed by atoms with Crippen LogP contribution in [0.2, 0.25) is 0 Å². The molecule has 3 N–H and O–H groups in total. The van der Waals surface area contributed by atoms with Gasteiger partial charge >= 0.3 is 13.7 Å². The van der Waals surface area contributed by atoms with Crippen LogP contribution in [0.25, 0.3) is 22.3 Å². The summed E-state index contributed by atoms with van der Waals surface area (Å²) in [6, 6.07) is 10.7. The van der Waals surface area contributed by atoms with Gasteiger partial charge in [-0.15, -0.1) is 0 Å². The number of nitrogens with zero attached hydrogens (tertiary/aromatic N) is 3. The van der Waals surface area contributed by atoms with Crippen molar-refractivity contribution in [2.24, 2.45) is 0 Å². The number of esters is 1. The van der Waals surface area contributed by atoms with E-state index >= 15 is 0 Å². The molecule has 1 aliphatic heterocycles. The van der Waals surface area contributed by atoms with E-state index in [2.05, 4.69) is 19.8 Å². The van der Waals surface area contributed by atoms with E-state index in [1.54, 1.807) is 59.5 Å². The van der Waals surface area contributed by atoms with Crippen molar-refractivity contribution < 1.29 is 42.5 Å². The summed E-state index contributed by atoms with van der Waals surface area (Å²) in [5.74, 6) is -0.456. The molecular weight excluding hydrogens is 531 g/mol. The van der Waals surface area contributed by atoms with Gasteiger partial charge < -0.3 is 33.2 Å². The molecule has 14 heteroatoms. The number of nitrogens with one attached hydrogen (secondary N) is 1. The molecule has 1 aromatic carbocycles. The van der Waals surface area contributed by atoms with E-state index in [0.29, 0.717) is 16.7 Å². The normalized spacial score (nSPS) is 23.4.